The van der Waals surface area contributed by atoms with Crippen molar-refractivity contribution in [2.75, 3.05) is 0 Å². The Bertz CT molecular complexity index is 531. The lowest BCUT2D eigenvalue weighted by Crippen LogP contribution is -2.40. The third kappa shape index (κ3) is 6.20. The first kappa shape index (κ1) is 21.7. The molecule has 152 valence electrons. The van der Waals surface area contributed by atoms with Crippen LogP contribution in [0.4, 0.5) is 0 Å². The van der Waals surface area contributed by atoms with E-state index in [4.69, 9.17) is 14.2 Å². The second-order valence-electron chi connectivity index (χ2n) is 8.41. The van der Waals surface area contributed by atoms with Gasteiger partial charge in [0.1, 0.15) is 12.2 Å². The Balaban J connectivity index is 1.77. The van der Waals surface area contributed by atoms with E-state index in [-0.39, 0.29) is 48.2 Å². The van der Waals surface area contributed by atoms with E-state index in [0.29, 0.717) is 11.1 Å². The molecule has 0 aliphatic heterocycles. The van der Waals surface area contributed by atoms with Gasteiger partial charge in [-0.3, -0.25) is 0 Å². The smallest absolute Gasteiger partial charge is 0.333 e. The van der Waals surface area contributed by atoms with Crippen LogP contribution in [0.3, 0.4) is 0 Å². The molecule has 5 heteroatoms. The first-order chi connectivity index (χ1) is 12.7. The lowest BCUT2D eigenvalue weighted by molar-refractivity contribution is -0.156. The average Bonchev–Trinajstić information content (AvgIpc) is 2.59. The van der Waals surface area contributed by atoms with Crippen molar-refractivity contribution < 1.29 is 23.8 Å². The second kappa shape index (κ2) is 9.54. The number of carbonyl (C=O) groups is 2. The molecule has 0 saturated heterocycles. The summed E-state index contributed by atoms with van der Waals surface area (Å²) < 4.78 is 17.4. The van der Waals surface area contributed by atoms with Crippen LogP contribution in [0.25, 0.3) is 0 Å². The van der Waals surface area contributed by atoms with Crippen LogP contribution < -0.4 is 0 Å². The van der Waals surface area contributed by atoms with Crippen molar-refractivity contribution in [3.63, 3.8) is 0 Å². The molecule has 0 heterocycles. The number of rotatable bonds is 6. The highest BCUT2D eigenvalue weighted by Gasteiger charge is 2.35. The minimum absolute atomic E-state index is 0.0507. The van der Waals surface area contributed by atoms with Crippen LogP contribution in [0.15, 0.2) is 24.3 Å². The van der Waals surface area contributed by atoms with Gasteiger partial charge in [0, 0.05) is 11.1 Å². The van der Waals surface area contributed by atoms with E-state index in [0.717, 1.165) is 38.5 Å². The fourth-order valence-corrected chi connectivity index (χ4v) is 3.98. The third-order valence-electron chi connectivity index (χ3n) is 5.68. The topological polar surface area (TPSA) is 61.8 Å². The summed E-state index contributed by atoms with van der Waals surface area (Å²) in [4.78, 5) is 23.5. The number of hydrogen-bond acceptors (Lipinski definition) is 5. The number of esters is 2. The minimum atomic E-state index is -0.303. The van der Waals surface area contributed by atoms with Gasteiger partial charge in [-0.15, -0.1) is 0 Å². The van der Waals surface area contributed by atoms with Crippen molar-refractivity contribution in [3.8, 4) is 0 Å². The summed E-state index contributed by atoms with van der Waals surface area (Å²) in [5.41, 5.74) is 0.886. The Labute approximate surface area is 163 Å². The highest BCUT2D eigenvalue weighted by molar-refractivity contribution is 5.87. The van der Waals surface area contributed by atoms with E-state index >= 15 is 0 Å². The van der Waals surface area contributed by atoms with Crippen molar-refractivity contribution in [2.45, 2.75) is 90.6 Å². The zero-order valence-corrected chi connectivity index (χ0v) is 17.2. The molecule has 0 bridgehead atoms. The Morgan fingerprint density at radius 2 is 1.11 bits per heavy atom. The molecule has 2 aliphatic carbocycles. The van der Waals surface area contributed by atoms with Crippen LogP contribution in [0.2, 0.25) is 0 Å². The highest BCUT2D eigenvalue weighted by atomic mass is 16.6. The summed E-state index contributed by atoms with van der Waals surface area (Å²) in [6, 6.07) is 0. The minimum Gasteiger partial charge on any atom is -0.459 e. The van der Waals surface area contributed by atoms with Crippen molar-refractivity contribution in [1.29, 1.82) is 0 Å². The molecule has 0 N–H and O–H groups in total. The molecule has 5 nitrogen and oxygen atoms in total. The number of carbonyl (C=O) groups excluding carboxylic acids is 2. The number of ether oxygens (including phenoxy) is 3. The van der Waals surface area contributed by atoms with Gasteiger partial charge >= 0.3 is 11.9 Å². The normalized spacial score (nSPS) is 33.8. The maximum Gasteiger partial charge on any atom is 0.333 e. The van der Waals surface area contributed by atoms with Crippen LogP contribution in [-0.4, -0.2) is 36.4 Å². The summed E-state index contributed by atoms with van der Waals surface area (Å²) in [6.07, 6.45) is 5.54. The van der Waals surface area contributed by atoms with E-state index < -0.39 is 0 Å². The molecule has 2 saturated carbocycles. The summed E-state index contributed by atoms with van der Waals surface area (Å²) in [7, 11) is 0. The maximum atomic E-state index is 11.7. The molecule has 2 aliphatic rings. The molecule has 2 rings (SSSR count). The molecular weight excluding hydrogens is 344 g/mol. The zero-order chi connectivity index (χ0) is 20.1. The second-order valence-corrected chi connectivity index (χ2v) is 8.41. The maximum absolute atomic E-state index is 11.7. The van der Waals surface area contributed by atoms with Crippen LogP contribution in [0.1, 0.15) is 66.2 Å². The summed E-state index contributed by atoms with van der Waals surface area (Å²) in [5.74, 6) is -0.0555. The standard InChI is InChI=1S/C22H34O5/c1-13(2)21(23)26-19-9-7-17(11-15(19)5)25-18-8-10-20(16(6)12-18)27-22(24)14(3)4/h15-20H,1,3,7-12H2,2,4-6H3. The fourth-order valence-electron chi connectivity index (χ4n) is 3.98. The molecule has 0 aromatic carbocycles. The van der Waals surface area contributed by atoms with Crippen LogP contribution >= 0.6 is 0 Å². The fraction of sp³-hybridized carbons (Fsp3) is 0.727. The molecule has 2 fully saturated rings. The number of hydrogen-bond donors (Lipinski definition) is 0. The molecule has 6 atom stereocenters. The predicted octanol–water partition coefficient (Wildman–Crippen LogP) is 4.36. The van der Waals surface area contributed by atoms with Gasteiger partial charge < -0.3 is 14.2 Å². The lowest BCUT2D eigenvalue weighted by atomic mass is 9.83. The Kier molecular flexibility index (Phi) is 7.66. The largest absolute Gasteiger partial charge is 0.459 e. The van der Waals surface area contributed by atoms with Crippen molar-refractivity contribution in [3.05, 3.63) is 24.3 Å². The molecule has 0 radical (unpaired) electrons. The van der Waals surface area contributed by atoms with Gasteiger partial charge in [0.05, 0.1) is 12.2 Å². The summed E-state index contributed by atoms with van der Waals surface area (Å²) in [5, 5.41) is 0. The molecule has 0 aromatic heterocycles. The average molecular weight is 379 g/mol. The van der Waals surface area contributed by atoms with E-state index in [2.05, 4.69) is 27.0 Å². The third-order valence-corrected chi connectivity index (χ3v) is 5.68. The lowest BCUT2D eigenvalue weighted by Gasteiger charge is -2.39. The van der Waals surface area contributed by atoms with Gasteiger partial charge in [0.25, 0.3) is 0 Å². The Hall–Kier alpha value is -1.62. The SMILES string of the molecule is C=C(C)C(=O)OC1CCC(OC2CCC(OC(=O)C(=C)C)C(C)C2)CC1C. The molecule has 0 amide bonds. The van der Waals surface area contributed by atoms with Crippen LogP contribution in [0, 0.1) is 11.8 Å². The van der Waals surface area contributed by atoms with E-state index in [1.54, 1.807) is 13.8 Å². The van der Waals surface area contributed by atoms with Crippen molar-refractivity contribution >= 4 is 11.9 Å². The van der Waals surface area contributed by atoms with Gasteiger partial charge in [-0.05, 0) is 64.2 Å². The van der Waals surface area contributed by atoms with Crippen LogP contribution in [0.5, 0.6) is 0 Å². The van der Waals surface area contributed by atoms with E-state index in [9.17, 15) is 9.59 Å². The molecule has 6 unspecified atom stereocenters. The first-order valence-electron chi connectivity index (χ1n) is 10.1. The van der Waals surface area contributed by atoms with Crippen molar-refractivity contribution in [1.82, 2.24) is 0 Å². The van der Waals surface area contributed by atoms with Gasteiger partial charge in [0.15, 0.2) is 0 Å². The van der Waals surface area contributed by atoms with Crippen LogP contribution in [-0.2, 0) is 23.8 Å². The molecule has 27 heavy (non-hydrogen) atoms. The van der Waals surface area contributed by atoms with Gasteiger partial charge in [-0.1, -0.05) is 27.0 Å². The highest BCUT2D eigenvalue weighted by Crippen LogP contribution is 2.34. The van der Waals surface area contributed by atoms with Gasteiger partial charge in [-0.2, -0.15) is 0 Å². The molecular formula is C22H34O5. The molecule has 0 aromatic rings. The van der Waals surface area contributed by atoms with Gasteiger partial charge in [0.2, 0.25) is 0 Å². The predicted molar refractivity (Wildman–Crippen MR) is 104 cm³/mol. The van der Waals surface area contributed by atoms with Gasteiger partial charge in [-0.25, -0.2) is 9.59 Å². The Morgan fingerprint density at radius 3 is 1.41 bits per heavy atom. The Morgan fingerprint density at radius 1 is 0.741 bits per heavy atom. The van der Waals surface area contributed by atoms with E-state index in [1.165, 1.54) is 0 Å². The first-order valence-corrected chi connectivity index (χ1v) is 10.1. The summed E-state index contributed by atoms with van der Waals surface area (Å²) >= 11 is 0. The summed E-state index contributed by atoms with van der Waals surface area (Å²) in [6.45, 7) is 14.9. The molecule has 0 spiro atoms. The monoisotopic (exact) mass is 378 g/mol. The van der Waals surface area contributed by atoms with E-state index in [1.807, 2.05) is 0 Å². The quantitative estimate of drug-likeness (QED) is 0.508. The van der Waals surface area contributed by atoms with Crippen molar-refractivity contribution in [2.24, 2.45) is 11.8 Å². The zero-order valence-electron chi connectivity index (χ0n) is 17.2.